The highest BCUT2D eigenvalue weighted by molar-refractivity contribution is 7.89. The molecule has 0 spiro atoms. The maximum Gasteiger partial charge on any atom is 0.244 e. The van der Waals surface area contributed by atoms with Crippen molar-refractivity contribution in [3.8, 4) is 0 Å². The van der Waals surface area contributed by atoms with E-state index in [2.05, 4.69) is 26.4 Å². The zero-order valence-electron chi connectivity index (χ0n) is 18.0. The molecule has 3 aromatic rings. The molecule has 0 fully saturated rings. The number of hydrogen-bond donors (Lipinski definition) is 2. The number of carbonyl (C=O) groups is 1. The summed E-state index contributed by atoms with van der Waals surface area (Å²) in [5, 5.41) is 4.96. The van der Waals surface area contributed by atoms with Gasteiger partial charge in [0.05, 0.1) is 0 Å². The SMILES string of the molecule is O=C(NCCN1CCc2sccc2C1)C(Cc1ccccc1)NS(=O)(=O)c1ccccc1F. The maximum absolute atomic E-state index is 14.1. The summed E-state index contributed by atoms with van der Waals surface area (Å²) in [5.74, 6) is -1.30. The Balaban J connectivity index is 1.41. The molecule has 1 aliphatic rings. The number of amides is 1. The lowest BCUT2D eigenvalue weighted by atomic mass is 10.1. The number of sulfonamides is 1. The van der Waals surface area contributed by atoms with Crippen LogP contribution in [0.4, 0.5) is 4.39 Å². The number of fused-ring (bicyclic) bond motifs is 1. The van der Waals surface area contributed by atoms with Crippen LogP contribution in [0.25, 0.3) is 0 Å². The van der Waals surface area contributed by atoms with Crippen molar-refractivity contribution in [1.29, 1.82) is 0 Å². The van der Waals surface area contributed by atoms with Gasteiger partial charge in [-0.2, -0.15) is 4.72 Å². The molecule has 0 bridgehead atoms. The Morgan fingerprint density at radius 3 is 2.64 bits per heavy atom. The number of hydrogen-bond acceptors (Lipinski definition) is 5. The zero-order chi connectivity index (χ0) is 23.3. The summed E-state index contributed by atoms with van der Waals surface area (Å²) < 4.78 is 42.2. The predicted octanol–water partition coefficient (Wildman–Crippen LogP) is 2.95. The molecule has 1 aliphatic heterocycles. The highest BCUT2D eigenvalue weighted by Crippen LogP contribution is 2.23. The van der Waals surface area contributed by atoms with E-state index in [-0.39, 0.29) is 6.42 Å². The van der Waals surface area contributed by atoms with Crippen molar-refractivity contribution in [3.05, 3.63) is 87.9 Å². The smallest absolute Gasteiger partial charge is 0.244 e. The zero-order valence-corrected chi connectivity index (χ0v) is 19.7. The molecule has 33 heavy (non-hydrogen) atoms. The van der Waals surface area contributed by atoms with Crippen LogP contribution >= 0.6 is 11.3 Å². The molecular weight excluding hydrogens is 461 g/mol. The van der Waals surface area contributed by atoms with Gasteiger partial charge in [0.2, 0.25) is 15.9 Å². The van der Waals surface area contributed by atoms with Gasteiger partial charge in [-0.25, -0.2) is 12.8 Å². The van der Waals surface area contributed by atoms with Gasteiger partial charge in [-0.3, -0.25) is 9.69 Å². The quantitative estimate of drug-likeness (QED) is 0.487. The molecule has 0 saturated carbocycles. The van der Waals surface area contributed by atoms with Crippen molar-refractivity contribution in [1.82, 2.24) is 14.9 Å². The highest BCUT2D eigenvalue weighted by atomic mass is 32.2. The molecule has 2 N–H and O–H groups in total. The Bertz CT molecular complexity index is 1200. The average molecular weight is 488 g/mol. The first-order chi connectivity index (χ1) is 15.9. The van der Waals surface area contributed by atoms with Gasteiger partial charge in [0.1, 0.15) is 16.8 Å². The monoisotopic (exact) mass is 487 g/mol. The van der Waals surface area contributed by atoms with Gasteiger partial charge >= 0.3 is 0 Å². The molecule has 0 aliphatic carbocycles. The molecule has 9 heteroatoms. The van der Waals surface area contributed by atoms with E-state index in [1.54, 1.807) is 11.3 Å². The fraction of sp³-hybridized carbons (Fsp3) is 0.292. The van der Waals surface area contributed by atoms with E-state index in [4.69, 9.17) is 0 Å². The summed E-state index contributed by atoms with van der Waals surface area (Å²) in [4.78, 5) is 16.2. The summed E-state index contributed by atoms with van der Waals surface area (Å²) in [7, 11) is -4.22. The number of carbonyl (C=O) groups excluding carboxylic acids is 1. The molecule has 1 amide bonds. The topological polar surface area (TPSA) is 78.5 Å². The fourth-order valence-electron chi connectivity index (χ4n) is 3.91. The number of thiophene rings is 1. The lowest BCUT2D eigenvalue weighted by molar-refractivity contribution is -0.122. The van der Waals surface area contributed by atoms with E-state index in [9.17, 15) is 17.6 Å². The third-order valence-corrected chi connectivity index (χ3v) is 8.16. The fourth-order valence-corrected chi connectivity index (χ4v) is 6.07. The molecule has 2 heterocycles. The van der Waals surface area contributed by atoms with Gasteiger partial charge in [-0.05, 0) is 47.5 Å². The number of nitrogens with one attached hydrogen (secondary N) is 2. The molecule has 1 unspecified atom stereocenters. The summed E-state index contributed by atoms with van der Waals surface area (Å²) in [6.45, 7) is 2.84. The van der Waals surface area contributed by atoms with E-state index >= 15 is 0 Å². The number of nitrogens with zero attached hydrogens (tertiary/aromatic N) is 1. The molecule has 1 aromatic heterocycles. The van der Waals surface area contributed by atoms with Crippen LogP contribution in [0.1, 0.15) is 16.0 Å². The lowest BCUT2D eigenvalue weighted by Crippen LogP contribution is -2.49. The number of rotatable bonds is 9. The Morgan fingerprint density at radius 2 is 1.85 bits per heavy atom. The molecule has 6 nitrogen and oxygen atoms in total. The second kappa shape index (κ2) is 10.6. The van der Waals surface area contributed by atoms with Gasteiger partial charge in [0, 0.05) is 31.1 Å². The third-order valence-electron chi connectivity index (χ3n) is 5.64. The summed E-state index contributed by atoms with van der Waals surface area (Å²) in [6.07, 6.45) is 1.16. The minimum absolute atomic E-state index is 0.155. The molecule has 0 saturated heterocycles. The van der Waals surface area contributed by atoms with Crippen LogP contribution in [0.15, 0.2) is 70.9 Å². The van der Waals surface area contributed by atoms with Gasteiger partial charge in [0.15, 0.2) is 0 Å². The highest BCUT2D eigenvalue weighted by Gasteiger charge is 2.28. The van der Waals surface area contributed by atoms with Gasteiger partial charge in [-0.1, -0.05) is 42.5 Å². The Morgan fingerprint density at radius 1 is 1.09 bits per heavy atom. The van der Waals surface area contributed by atoms with Crippen LogP contribution in [0.5, 0.6) is 0 Å². The van der Waals surface area contributed by atoms with E-state index < -0.39 is 32.7 Å². The molecule has 2 aromatic carbocycles. The second-order valence-corrected chi connectivity index (χ2v) is 10.7. The van der Waals surface area contributed by atoms with Crippen LogP contribution in [-0.2, 0) is 34.2 Å². The van der Waals surface area contributed by atoms with Gasteiger partial charge in [-0.15, -0.1) is 11.3 Å². The first kappa shape index (κ1) is 23.6. The molecular formula is C24H26FN3O3S2. The Kier molecular flexibility index (Phi) is 7.54. The van der Waals surface area contributed by atoms with Crippen LogP contribution in [0, 0.1) is 5.82 Å². The number of benzene rings is 2. The van der Waals surface area contributed by atoms with Crippen LogP contribution in [0.2, 0.25) is 0 Å². The first-order valence-electron chi connectivity index (χ1n) is 10.8. The van der Waals surface area contributed by atoms with Gasteiger partial charge in [0.25, 0.3) is 0 Å². The molecule has 1 atom stereocenters. The van der Waals surface area contributed by atoms with Crippen molar-refractivity contribution in [3.63, 3.8) is 0 Å². The van der Waals surface area contributed by atoms with E-state index in [0.29, 0.717) is 13.1 Å². The van der Waals surface area contributed by atoms with Crippen LogP contribution in [-0.4, -0.2) is 44.9 Å². The van der Waals surface area contributed by atoms with Crippen LogP contribution in [0.3, 0.4) is 0 Å². The predicted molar refractivity (Wildman–Crippen MR) is 127 cm³/mol. The van der Waals surface area contributed by atoms with E-state index in [1.165, 1.54) is 28.6 Å². The van der Waals surface area contributed by atoms with Crippen molar-refractivity contribution in [2.24, 2.45) is 0 Å². The minimum Gasteiger partial charge on any atom is -0.353 e. The summed E-state index contributed by atoms with van der Waals surface area (Å²) in [5.41, 5.74) is 2.13. The maximum atomic E-state index is 14.1. The van der Waals surface area contributed by atoms with Crippen molar-refractivity contribution in [2.45, 2.75) is 30.3 Å². The largest absolute Gasteiger partial charge is 0.353 e. The molecule has 0 radical (unpaired) electrons. The first-order valence-corrected chi connectivity index (χ1v) is 13.1. The minimum atomic E-state index is -4.22. The van der Waals surface area contributed by atoms with Crippen LogP contribution < -0.4 is 10.0 Å². The van der Waals surface area contributed by atoms with E-state index in [0.717, 1.165) is 31.1 Å². The van der Waals surface area contributed by atoms with Gasteiger partial charge < -0.3 is 5.32 Å². The second-order valence-electron chi connectivity index (χ2n) is 7.98. The standard InChI is InChI=1S/C24H26FN3O3S2/c25-20-8-4-5-9-23(20)33(30,31)27-21(16-18-6-2-1-3-7-18)24(29)26-12-14-28-13-10-22-19(17-28)11-15-32-22/h1-9,11,15,21,27H,10,12-14,16-17H2,(H,26,29). The van der Waals surface area contributed by atoms with E-state index in [1.807, 2.05) is 30.3 Å². The van der Waals surface area contributed by atoms with Crippen molar-refractivity contribution < 1.29 is 17.6 Å². The third kappa shape index (κ3) is 6.05. The molecule has 4 rings (SSSR count). The van der Waals surface area contributed by atoms with Crippen molar-refractivity contribution >= 4 is 27.3 Å². The Hall–Kier alpha value is -2.59. The summed E-state index contributed by atoms with van der Waals surface area (Å²) in [6, 6.07) is 15.3. The Labute approximate surface area is 197 Å². The summed E-state index contributed by atoms with van der Waals surface area (Å²) >= 11 is 1.78. The average Bonchev–Trinajstić information content (AvgIpc) is 3.27. The molecule has 174 valence electrons. The number of halogens is 1. The van der Waals surface area contributed by atoms with Crippen molar-refractivity contribution in [2.75, 3.05) is 19.6 Å². The lowest BCUT2D eigenvalue weighted by Gasteiger charge is -2.27. The normalized spacial score (nSPS) is 15.1.